The molecule has 0 aliphatic rings. The molecule has 0 bridgehead atoms. The molecule has 1 heterocycles. The average molecular weight is 578 g/mol. The quantitative estimate of drug-likeness (QED) is 0.256. The van der Waals surface area contributed by atoms with Gasteiger partial charge in [-0.05, 0) is 36.6 Å². The second-order valence-corrected chi connectivity index (χ2v) is 10.6. The van der Waals surface area contributed by atoms with Gasteiger partial charge in [0.25, 0.3) is 5.91 Å². The molecule has 0 saturated heterocycles. The third-order valence-corrected chi connectivity index (χ3v) is 7.30. The van der Waals surface area contributed by atoms with E-state index in [1.165, 1.54) is 0 Å². The lowest BCUT2D eigenvalue weighted by Gasteiger charge is -2.27. The first kappa shape index (κ1) is 30.4. The van der Waals surface area contributed by atoms with Crippen LogP contribution in [0.5, 0.6) is 0 Å². The zero-order chi connectivity index (χ0) is 28.9. The Balaban J connectivity index is 1.71. The maximum atomic E-state index is 13.3. The van der Waals surface area contributed by atoms with Crippen LogP contribution >= 0.6 is 23.2 Å². The summed E-state index contributed by atoms with van der Waals surface area (Å²) >= 11 is 12.3. The highest BCUT2D eigenvalue weighted by molar-refractivity contribution is 6.35. The number of ether oxygens (including phenoxy) is 1. The van der Waals surface area contributed by atoms with Gasteiger partial charge in [-0.3, -0.25) is 14.4 Å². The number of carboxylic acid groups (broad SMARTS) is 1. The third kappa shape index (κ3) is 7.30. The number of carbonyl (C=O) groups excluding carboxylic acids is 2. The summed E-state index contributed by atoms with van der Waals surface area (Å²) in [4.78, 5) is 38.1. The van der Waals surface area contributed by atoms with Gasteiger partial charge in [-0.2, -0.15) is 0 Å². The fourth-order valence-corrected chi connectivity index (χ4v) is 4.97. The number of aryl methyl sites for hydroxylation is 2. The van der Waals surface area contributed by atoms with Crippen molar-refractivity contribution in [3.05, 3.63) is 69.3 Å². The first-order valence-electron chi connectivity index (χ1n) is 12.5. The topological polar surface area (TPSA) is 130 Å². The minimum atomic E-state index is -1.35. The van der Waals surface area contributed by atoms with E-state index in [2.05, 4.69) is 10.6 Å². The summed E-state index contributed by atoms with van der Waals surface area (Å²) in [7, 11) is 1.78. The van der Waals surface area contributed by atoms with E-state index in [1.54, 1.807) is 43.7 Å². The van der Waals surface area contributed by atoms with E-state index >= 15 is 0 Å². The molecule has 1 aromatic heterocycles. The maximum Gasteiger partial charge on any atom is 0.305 e. The molecule has 2 amide bonds. The van der Waals surface area contributed by atoms with Crippen molar-refractivity contribution in [2.45, 2.75) is 52.0 Å². The van der Waals surface area contributed by atoms with Crippen molar-refractivity contribution in [2.75, 3.05) is 6.61 Å². The number of carbonyl (C=O) groups is 3. The summed E-state index contributed by atoms with van der Waals surface area (Å²) in [5.41, 5.74) is 2.61. The van der Waals surface area contributed by atoms with Gasteiger partial charge in [0.15, 0.2) is 0 Å². The Morgan fingerprint density at radius 1 is 1.03 bits per heavy atom. The van der Waals surface area contributed by atoms with Crippen LogP contribution in [0, 0.1) is 12.8 Å². The number of rotatable bonds is 12. The van der Waals surface area contributed by atoms with Gasteiger partial charge < -0.3 is 30.2 Å². The van der Waals surface area contributed by atoms with Crippen molar-refractivity contribution >= 4 is 51.9 Å². The van der Waals surface area contributed by atoms with Crippen LogP contribution < -0.4 is 10.6 Å². The standard InChI is InChI=1S/C28H33Cl2N3O6/c1-15(2)25(32-28(38)26-16(3)17-8-5-6-11-22(17)33(26)4)27(37)31-21(12-24(35)36)23(34)14-39-13-18-19(29)9-7-10-20(18)30/h5-11,15,21,23,25,34H,12-14H2,1-4H3,(H,31,37)(H,32,38)(H,35,36)/t21?,23?,25-/m0/s1. The number of carboxylic acids is 1. The number of aliphatic hydroxyl groups excluding tert-OH is 1. The summed E-state index contributed by atoms with van der Waals surface area (Å²) in [5.74, 6) is -2.60. The van der Waals surface area contributed by atoms with Crippen molar-refractivity contribution < 1.29 is 29.3 Å². The largest absolute Gasteiger partial charge is 0.481 e. The normalized spacial score (nSPS) is 13.7. The number of benzene rings is 2. The molecular formula is C28H33Cl2N3O6. The molecule has 39 heavy (non-hydrogen) atoms. The lowest BCUT2D eigenvalue weighted by Crippen LogP contribution is -2.55. The molecule has 2 aromatic carbocycles. The van der Waals surface area contributed by atoms with Gasteiger partial charge in [-0.15, -0.1) is 0 Å². The molecule has 3 aromatic rings. The predicted molar refractivity (Wildman–Crippen MR) is 150 cm³/mol. The molecule has 3 rings (SSSR count). The highest BCUT2D eigenvalue weighted by Gasteiger charge is 2.31. The van der Waals surface area contributed by atoms with Crippen LogP contribution in [0.25, 0.3) is 10.9 Å². The number of amides is 2. The monoisotopic (exact) mass is 577 g/mol. The Labute approximate surface area is 237 Å². The van der Waals surface area contributed by atoms with E-state index < -0.39 is 42.4 Å². The Bertz CT molecular complexity index is 1300. The Morgan fingerprint density at radius 3 is 2.26 bits per heavy atom. The second kappa shape index (κ2) is 13.3. The highest BCUT2D eigenvalue weighted by atomic mass is 35.5. The number of hydrogen-bond donors (Lipinski definition) is 4. The molecule has 210 valence electrons. The van der Waals surface area contributed by atoms with Crippen molar-refractivity contribution in [3.63, 3.8) is 0 Å². The minimum Gasteiger partial charge on any atom is -0.481 e. The van der Waals surface area contributed by atoms with Crippen LogP contribution in [0.1, 0.15) is 41.9 Å². The number of halogens is 2. The Hall–Kier alpha value is -3.11. The van der Waals surface area contributed by atoms with Crippen molar-refractivity contribution in [1.29, 1.82) is 0 Å². The van der Waals surface area contributed by atoms with E-state index in [4.69, 9.17) is 27.9 Å². The lowest BCUT2D eigenvalue weighted by atomic mass is 10.0. The zero-order valence-corrected chi connectivity index (χ0v) is 23.7. The first-order chi connectivity index (χ1) is 18.4. The Morgan fingerprint density at radius 2 is 1.67 bits per heavy atom. The molecule has 4 N–H and O–H groups in total. The molecule has 3 atom stereocenters. The molecule has 2 unspecified atom stereocenters. The van der Waals surface area contributed by atoms with Crippen molar-refractivity contribution in [1.82, 2.24) is 15.2 Å². The van der Waals surface area contributed by atoms with Crippen LogP contribution in [0.15, 0.2) is 42.5 Å². The number of aromatic nitrogens is 1. The van der Waals surface area contributed by atoms with Gasteiger partial charge in [0.1, 0.15) is 11.7 Å². The number of fused-ring (bicyclic) bond motifs is 1. The summed E-state index contributed by atoms with van der Waals surface area (Å²) in [6.45, 7) is 5.07. The molecule has 0 fully saturated rings. The van der Waals surface area contributed by atoms with E-state index in [0.717, 1.165) is 16.5 Å². The molecule has 0 spiro atoms. The number of hydrogen-bond acceptors (Lipinski definition) is 5. The number of aliphatic hydroxyl groups is 1. The van der Waals surface area contributed by atoms with Gasteiger partial charge in [0.2, 0.25) is 5.91 Å². The highest BCUT2D eigenvalue weighted by Crippen LogP contribution is 2.26. The number of para-hydroxylation sites is 1. The molecule has 9 nitrogen and oxygen atoms in total. The average Bonchev–Trinajstić information content (AvgIpc) is 3.13. The van der Waals surface area contributed by atoms with Crippen LogP contribution in [0.3, 0.4) is 0 Å². The van der Waals surface area contributed by atoms with Gasteiger partial charge >= 0.3 is 5.97 Å². The van der Waals surface area contributed by atoms with Gasteiger partial charge in [0, 0.05) is 33.6 Å². The van der Waals surface area contributed by atoms with Crippen molar-refractivity contribution in [2.24, 2.45) is 13.0 Å². The van der Waals surface area contributed by atoms with Crippen molar-refractivity contribution in [3.8, 4) is 0 Å². The van der Waals surface area contributed by atoms with Gasteiger partial charge in [0.05, 0.1) is 31.8 Å². The van der Waals surface area contributed by atoms with Crippen LogP contribution in [-0.2, 0) is 28.0 Å². The Kier molecular flexibility index (Phi) is 10.4. The van der Waals surface area contributed by atoms with E-state index in [9.17, 15) is 24.6 Å². The number of nitrogens with zero attached hydrogens (tertiary/aromatic N) is 1. The summed E-state index contributed by atoms with van der Waals surface area (Å²) < 4.78 is 7.31. The fourth-order valence-electron chi connectivity index (χ4n) is 4.46. The molecule has 0 aliphatic heterocycles. The predicted octanol–water partition coefficient (Wildman–Crippen LogP) is 4.09. The molecule has 11 heteroatoms. The van der Waals surface area contributed by atoms with Crippen LogP contribution in [0.2, 0.25) is 10.0 Å². The molecule has 0 radical (unpaired) electrons. The summed E-state index contributed by atoms with van der Waals surface area (Å²) in [6, 6.07) is 10.4. The van der Waals surface area contributed by atoms with Crippen LogP contribution in [0.4, 0.5) is 0 Å². The molecule has 0 saturated carbocycles. The SMILES string of the molecule is Cc1c(C(=O)N[C@H](C(=O)NC(CC(=O)O)C(O)COCc2c(Cl)cccc2Cl)C(C)C)n(C)c2ccccc12. The van der Waals surface area contributed by atoms with Gasteiger partial charge in [-0.25, -0.2) is 0 Å². The van der Waals surface area contributed by atoms with Crippen LogP contribution in [-0.4, -0.2) is 57.4 Å². The van der Waals surface area contributed by atoms with E-state index in [0.29, 0.717) is 21.3 Å². The molecular weight excluding hydrogens is 545 g/mol. The fraction of sp³-hybridized carbons (Fsp3) is 0.393. The second-order valence-electron chi connectivity index (χ2n) is 9.74. The number of aliphatic carboxylic acids is 1. The number of nitrogens with one attached hydrogen (secondary N) is 2. The smallest absolute Gasteiger partial charge is 0.305 e. The first-order valence-corrected chi connectivity index (χ1v) is 13.2. The summed E-state index contributed by atoms with van der Waals surface area (Å²) in [5, 5.41) is 27.2. The van der Waals surface area contributed by atoms with E-state index in [1.807, 2.05) is 31.2 Å². The maximum absolute atomic E-state index is 13.3. The molecule has 0 aliphatic carbocycles. The summed E-state index contributed by atoms with van der Waals surface area (Å²) in [6.07, 6.45) is -1.90. The third-order valence-electron chi connectivity index (χ3n) is 6.59. The minimum absolute atomic E-state index is 0.0155. The van der Waals surface area contributed by atoms with Gasteiger partial charge in [-0.1, -0.05) is 61.3 Å². The lowest BCUT2D eigenvalue weighted by molar-refractivity contribution is -0.139. The zero-order valence-electron chi connectivity index (χ0n) is 22.2. The van der Waals surface area contributed by atoms with E-state index in [-0.39, 0.29) is 19.1 Å².